The van der Waals surface area contributed by atoms with Crippen LogP contribution in [0.3, 0.4) is 0 Å². The van der Waals surface area contributed by atoms with E-state index >= 15 is 0 Å². The maximum Gasteiger partial charge on any atom is 0.259 e. The Morgan fingerprint density at radius 1 is 1.47 bits per heavy atom. The smallest absolute Gasteiger partial charge is 0.259 e. The lowest BCUT2D eigenvalue weighted by molar-refractivity contribution is 0.102. The van der Waals surface area contributed by atoms with Gasteiger partial charge in [-0.25, -0.2) is 4.98 Å². The van der Waals surface area contributed by atoms with Crippen LogP contribution in [-0.2, 0) is 0 Å². The molecule has 19 heavy (non-hydrogen) atoms. The summed E-state index contributed by atoms with van der Waals surface area (Å²) in [4.78, 5) is 19.3. The van der Waals surface area contributed by atoms with Gasteiger partial charge in [-0.3, -0.25) is 10.1 Å². The van der Waals surface area contributed by atoms with Gasteiger partial charge >= 0.3 is 0 Å². The first-order valence-corrected chi connectivity index (χ1v) is 6.39. The summed E-state index contributed by atoms with van der Waals surface area (Å²) in [6, 6.07) is 5.40. The summed E-state index contributed by atoms with van der Waals surface area (Å²) in [7, 11) is 0. The summed E-state index contributed by atoms with van der Waals surface area (Å²) in [5.74, 6) is 0.413. The van der Waals surface area contributed by atoms with E-state index in [-0.39, 0.29) is 5.91 Å². The van der Waals surface area contributed by atoms with Gasteiger partial charge in [0.2, 0.25) is 5.13 Å². The first-order valence-electron chi connectivity index (χ1n) is 5.62. The molecule has 0 bridgehead atoms. The van der Waals surface area contributed by atoms with Crippen molar-refractivity contribution in [2.45, 2.75) is 6.92 Å². The Balaban J connectivity index is 1.95. The number of rotatable bonds is 2. The standard InChI is InChI=1S/C12H11N5OS/c1-6-15-12(19-17-6)16-11(18)9-5-14-10-3-2-7(13)4-8(9)10/h2-5,14H,13H2,1H3,(H,15,16,17,18). The largest absolute Gasteiger partial charge is 0.399 e. The minimum Gasteiger partial charge on any atom is -0.399 e. The Morgan fingerprint density at radius 2 is 2.32 bits per heavy atom. The number of nitrogen functional groups attached to an aromatic ring is 1. The van der Waals surface area contributed by atoms with E-state index in [0.717, 1.165) is 22.4 Å². The molecule has 3 aromatic rings. The van der Waals surface area contributed by atoms with Gasteiger partial charge in [0.1, 0.15) is 5.82 Å². The number of nitrogens with zero attached hydrogens (tertiary/aromatic N) is 2. The lowest BCUT2D eigenvalue weighted by Crippen LogP contribution is -2.11. The second-order valence-electron chi connectivity index (χ2n) is 4.11. The van der Waals surface area contributed by atoms with E-state index in [1.807, 2.05) is 6.07 Å². The van der Waals surface area contributed by atoms with Gasteiger partial charge in [0.15, 0.2) is 0 Å². The summed E-state index contributed by atoms with van der Waals surface area (Å²) < 4.78 is 4.02. The average Bonchev–Trinajstić information content (AvgIpc) is 2.95. The number of aromatic nitrogens is 3. The van der Waals surface area contributed by atoms with E-state index in [1.165, 1.54) is 0 Å². The van der Waals surface area contributed by atoms with Crippen molar-refractivity contribution in [3.8, 4) is 0 Å². The highest BCUT2D eigenvalue weighted by Crippen LogP contribution is 2.22. The molecule has 1 amide bonds. The van der Waals surface area contributed by atoms with Crippen molar-refractivity contribution in [2.75, 3.05) is 11.1 Å². The second-order valence-corrected chi connectivity index (χ2v) is 4.86. The Kier molecular flexibility index (Phi) is 2.68. The molecule has 0 aliphatic heterocycles. The summed E-state index contributed by atoms with van der Waals surface area (Å²) >= 11 is 1.16. The zero-order valence-corrected chi connectivity index (χ0v) is 10.9. The normalized spacial score (nSPS) is 10.8. The fourth-order valence-electron chi connectivity index (χ4n) is 1.84. The zero-order valence-electron chi connectivity index (χ0n) is 10.1. The zero-order chi connectivity index (χ0) is 13.4. The van der Waals surface area contributed by atoms with Crippen molar-refractivity contribution >= 4 is 39.2 Å². The molecule has 6 nitrogen and oxygen atoms in total. The fourth-order valence-corrected chi connectivity index (χ4v) is 2.41. The van der Waals surface area contributed by atoms with Crippen LogP contribution >= 0.6 is 11.5 Å². The van der Waals surface area contributed by atoms with Crippen LogP contribution < -0.4 is 11.1 Å². The topological polar surface area (TPSA) is 96.7 Å². The molecular weight excluding hydrogens is 262 g/mol. The molecule has 0 atom stereocenters. The number of hydrogen-bond donors (Lipinski definition) is 3. The van der Waals surface area contributed by atoms with Crippen LogP contribution in [-0.4, -0.2) is 20.2 Å². The van der Waals surface area contributed by atoms with Crippen molar-refractivity contribution in [1.82, 2.24) is 14.3 Å². The molecule has 3 rings (SSSR count). The first-order chi connectivity index (χ1) is 9.13. The molecule has 0 unspecified atom stereocenters. The van der Waals surface area contributed by atoms with Crippen LogP contribution in [0, 0.1) is 6.92 Å². The predicted octanol–water partition coefficient (Wildman–Crippen LogP) is 2.16. The highest BCUT2D eigenvalue weighted by atomic mass is 32.1. The summed E-state index contributed by atoms with van der Waals surface area (Å²) in [6.45, 7) is 1.78. The number of aryl methyl sites for hydroxylation is 1. The van der Waals surface area contributed by atoms with Gasteiger partial charge in [-0.2, -0.15) is 4.37 Å². The van der Waals surface area contributed by atoms with Crippen LogP contribution in [0.5, 0.6) is 0 Å². The van der Waals surface area contributed by atoms with E-state index in [4.69, 9.17) is 5.73 Å². The molecular formula is C12H11N5OS. The van der Waals surface area contributed by atoms with E-state index in [0.29, 0.717) is 22.2 Å². The minimum atomic E-state index is -0.229. The second kappa shape index (κ2) is 4.36. The Labute approximate surface area is 112 Å². The van der Waals surface area contributed by atoms with Crippen LogP contribution in [0.1, 0.15) is 16.2 Å². The van der Waals surface area contributed by atoms with Gasteiger partial charge in [-0.1, -0.05) is 0 Å². The van der Waals surface area contributed by atoms with Gasteiger partial charge in [-0.15, -0.1) is 0 Å². The number of amides is 1. The molecule has 0 spiro atoms. The maximum absolute atomic E-state index is 12.2. The molecule has 0 radical (unpaired) electrons. The predicted molar refractivity (Wildman–Crippen MR) is 75.3 cm³/mol. The van der Waals surface area contributed by atoms with Gasteiger partial charge in [0.05, 0.1) is 5.56 Å². The molecule has 0 aliphatic carbocycles. The minimum absolute atomic E-state index is 0.229. The lowest BCUT2D eigenvalue weighted by atomic mass is 10.1. The number of nitrogens with two attached hydrogens (primary N) is 1. The first kappa shape index (κ1) is 11.7. The van der Waals surface area contributed by atoms with E-state index in [2.05, 4.69) is 19.7 Å². The highest BCUT2D eigenvalue weighted by Gasteiger charge is 2.14. The number of aromatic amines is 1. The highest BCUT2D eigenvalue weighted by molar-refractivity contribution is 7.09. The molecule has 0 fully saturated rings. The summed E-state index contributed by atoms with van der Waals surface area (Å²) in [5, 5.41) is 4.00. The Bertz CT molecular complexity index is 760. The third kappa shape index (κ3) is 2.15. The Hall–Kier alpha value is -2.41. The van der Waals surface area contributed by atoms with Crippen LogP contribution in [0.4, 0.5) is 10.8 Å². The number of anilines is 2. The molecule has 7 heteroatoms. The number of hydrogen-bond acceptors (Lipinski definition) is 5. The molecule has 96 valence electrons. The van der Waals surface area contributed by atoms with Crippen LogP contribution in [0.25, 0.3) is 10.9 Å². The van der Waals surface area contributed by atoms with Crippen molar-refractivity contribution < 1.29 is 4.79 Å². The fraction of sp³-hybridized carbons (Fsp3) is 0.0833. The molecule has 2 aromatic heterocycles. The third-order valence-electron chi connectivity index (χ3n) is 2.70. The third-order valence-corrected chi connectivity index (χ3v) is 3.42. The number of nitrogens with one attached hydrogen (secondary N) is 2. The van der Waals surface area contributed by atoms with Gasteiger partial charge in [0, 0.05) is 34.3 Å². The van der Waals surface area contributed by atoms with Gasteiger partial charge in [0.25, 0.3) is 5.91 Å². The number of H-pyrrole nitrogens is 1. The molecule has 4 N–H and O–H groups in total. The summed E-state index contributed by atoms with van der Waals surface area (Å²) in [6.07, 6.45) is 1.66. The molecule has 1 aromatic carbocycles. The van der Waals surface area contributed by atoms with Crippen molar-refractivity contribution in [3.63, 3.8) is 0 Å². The lowest BCUT2D eigenvalue weighted by Gasteiger charge is -2.00. The quantitative estimate of drug-likeness (QED) is 0.623. The van der Waals surface area contributed by atoms with E-state index in [9.17, 15) is 4.79 Å². The number of carbonyl (C=O) groups is 1. The molecule has 0 saturated heterocycles. The van der Waals surface area contributed by atoms with E-state index in [1.54, 1.807) is 25.3 Å². The van der Waals surface area contributed by atoms with Crippen molar-refractivity contribution in [1.29, 1.82) is 0 Å². The molecule has 2 heterocycles. The van der Waals surface area contributed by atoms with Crippen molar-refractivity contribution in [2.24, 2.45) is 0 Å². The number of benzene rings is 1. The number of fused-ring (bicyclic) bond motifs is 1. The average molecular weight is 273 g/mol. The molecule has 0 saturated carbocycles. The maximum atomic E-state index is 12.2. The van der Waals surface area contributed by atoms with Crippen LogP contribution in [0.15, 0.2) is 24.4 Å². The van der Waals surface area contributed by atoms with Crippen molar-refractivity contribution in [3.05, 3.63) is 35.8 Å². The number of carbonyl (C=O) groups excluding carboxylic acids is 1. The monoisotopic (exact) mass is 273 g/mol. The van der Waals surface area contributed by atoms with E-state index < -0.39 is 0 Å². The van der Waals surface area contributed by atoms with Gasteiger partial charge in [-0.05, 0) is 25.1 Å². The summed E-state index contributed by atoms with van der Waals surface area (Å²) in [5.41, 5.74) is 7.77. The van der Waals surface area contributed by atoms with Gasteiger partial charge < -0.3 is 10.7 Å². The Morgan fingerprint density at radius 3 is 3.05 bits per heavy atom. The SMILES string of the molecule is Cc1nsc(NC(=O)c2c[nH]c3ccc(N)cc23)n1. The molecule has 0 aliphatic rings. The van der Waals surface area contributed by atoms with Crippen LogP contribution in [0.2, 0.25) is 0 Å².